The van der Waals surface area contributed by atoms with E-state index < -0.39 is 0 Å². The fourth-order valence-electron chi connectivity index (χ4n) is 1.31. The van der Waals surface area contributed by atoms with E-state index in [1.165, 1.54) is 6.20 Å². The van der Waals surface area contributed by atoms with Crippen LogP contribution in [0.5, 0.6) is 0 Å². The molecule has 1 amide bonds. The second kappa shape index (κ2) is 4.98. The van der Waals surface area contributed by atoms with Crippen molar-refractivity contribution in [2.75, 3.05) is 18.9 Å². The van der Waals surface area contributed by atoms with Crippen LogP contribution in [0.25, 0.3) is 0 Å². The first-order chi connectivity index (χ1) is 7.46. The summed E-state index contributed by atoms with van der Waals surface area (Å²) < 4.78 is 5.46. The largest absolute Gasteiger partial charge is 0.383 e. The molecule has 0 aliphatic rings. The van der Waals surface area contributed by atoms with Gasteiger partial charge in [-0.25, -0.2) is 0 Å². The Balaban J connectivity index is 2.51. The standard InChI is InChI=1S/C10H18N4O2/c1-4-16-10(2,3)6-12-9(15)7-5-13-14-8(7)11/h5H,4,6H2,1-3H3,(H,12,15)(H3,11,13,14). The molecule has 16 heavy (non-hydrogen) atoms. The number of ether oxygens (including phenoxy) is 1. The van der Waals surface area contributed by atoms with Crippen LogP contribution in [-0.2, 0) is 4.74 Å². The first-order valence-electron chi connectivity index (χ1n) is 5.17. The number of H-pyrrole nitrogens is 1. The fourth-order valence-corrected chi connectivity index (χ4v) is 1.31. The normalized spacial score (nSPS) is 11.4. The van der Waals surface area contributed by atoms with Crippen molar-refractivity contribution in [2.24, 2.45) is 0 Å². The highest BCUT2D eigenvalue weighted by Gasteiger charge is 2.20. The average Bonchev–Trinajstić information content (AvgIpc) is 2.61. The third-order valence-electron chi connectivity index (χ3n) is 2.12. The molecule has 0 saturated carbocycles. The minimum Gasteiger partial charge on any atom is -0.383 e. The van der Waals surface area contributed by atoms with Gasteiger partial charge < -0.3 is 15.8 Å². The molecule has 0 bridgehead atoms. The van der Waals surface area contributed by atoms with Crippen molar-refractivity contribution in [1.29, 1.82) is 0 Å². The SMILES string of the molecule is CCOC(C)(C)CNC(=O)c1cn[nH]c1N. The van der Waals surface area contributed by atoms with Crippen LogP contribution in [0.4, 0.5) is 5.82 Å². The van der Waals surface area contributed by atoms with E-state index in [4.69, 9.17) is 10.5 Å². The zero-order chi connectivity index (χ0) is 12.2. The second-order valence-electron chi connectivity index (χ2n) is 4.07. The lowest BCUT2D eigenvalue weighted by Gasteiger charge is -2.24. The number of aromatic amines is 1. The summed E-state index contributed by atoms with van der Waals surface area (Å²) in [7, 11) is 0. The van der Waals surface area contributed by atoms with Crippen LogP contribution in [0.2, 0.25) is 0 Å². The zero-order valence-electron chi connectivity index (χ0n) is 9.83. The first kappa shape index (κ1) is 12.5. The molecule has 0 atom stereocenters. The Labute approximate surface area is 94.5 Å². The van der Waals surface area contributed by atoms with Crippen LogP contribution < -0.4 is 11.1 Å². The molecule has 6 heteroatoms. The van der Waals surface area contributed by atoms with Gasteiger partial charge in [0.2, 0.25) is 0 Å². The minimum atomic E-state index is -0.386. The summed E-state index contributed by atoms with van der Waals surface area (Å²) in [5, 5.41) is 8.94. The Hall–Kier alpha value is -1.56. The number of amides is 1. The first-order valence-corrected chi connectivity index (χ1v) is 5.17. The van der Waals surface area contributed by atoms with Crippen LogP contribution in [0.1, 0.15) is 31.1 Å². The van der Waals surface area contributed by atoms with Crippen molar-refractivity contribution in [3.8, 4) is 0 Å². The molecule has 6 nitrogen and oxygen atoms in total. The van der Waals surface area contributed by atoms with Crippen molar-refractivity contribution >= 4 is 11.7 Å². The van der Waals surface area contributed by atoms with Gasteiger partial charge in [-0.1, -0.05) is 0 Å². The summed E-state index contributed by atoms with van der Waals surface area (Å²) in [6.45, 7) is 6.77. The number of rotatable bonds is 5. The molecule has 0 radical (unpaired) electrons. The number of nitrogen functional groups attached to an aromatic ring is 1. The second-order valence-corrected chi connectivity index (χ2v) is 4.07. The van der Waals surface area contributed by atoms with E-state index in [0.717, 1.165) is 0 Å². The quantitative estimate of drug-likeness (QED) is 0.683. The molecule has 0 saturated heterocycles. The van der Waals surface area contributed by atoms with E-state index in [1.54, 1.807) is 0 Å². The highest BCUT2D eigenvalue weighted by Crippen LogP contribution is 2.09. The van der Waals surface area contributed by atoms with Gasteiger partial charge in [-0.2, -0.15) is 5.10 Å². The molecule has 0 aliphatic carbocycles. The monoisotopic (exact) mass is 226 g/mol. The fraction of sp³-hybridized carbons (Fsp3) is 0.600. The van der Waals surface area contributed by atoms with E-state index in [1.807, 2.05) is 20.8 Å². The Morgan fingerprint density at radius 1 is 1.69 bits per heavy atom. The Bertz CT molecular complexity index is 359. The summed E-state index contributed by atoms with van der Waals surface area (Å²) in [6, 6.07) is 0. The van der Waals surface area contributed by atoms with Crippen LogP contribution in [0.15, 0.2) is 6.20 Å². The van der Waals surface area contributed by atoms with E-state index >= 15 is 0 Å². The molecule has 0 spiro atoms. The van der Waals surface area contributed by atoms with Crippen LogP contribution in [-0.4, -0.2) is 34.9 Å². The molecule has 0 aliphatic heterocycles. The number of nitrogens with one attached hydrogen (secondary N) is 2. The number of aromatic nitrogens is 2. The van der Waals surface area contributed by atoms with Crippen molar-refractivity contribution < 1.29 is 9.53 Å². The number of anilines is 1. The van der Waals surface area contributed by atoms with Crippen LogP contribution >= 0.6 is 0 Å². The zero-order valence-corrected chi connectivity index (χ0v) is 9.83. The average molecular weight is 226 g/mol. The molecule has 0 unspecified atom stereocenters. The number of nitrogens with zero attached hydrogens (tertiary/aromatic N) is 1. The lowest BCUT2D eigenvalue weighted by Crippen LogP contribution is -2.40. The summed E-state index contributed by atoms with van der Waals surface area (Å²) in [6.07, 6.45) is 1.40. The topological polar surface area (TPSA) is 93.0 Å². The van der Waals surface area contributed by atoms with Crippen molar-refractivity contribution in [3.05, 3.63) is 11.8 Å². The minimum absolute atomic E-state index is 0.251. The van der Waals surface area contributed by atoms with E-state index in [2.05, 4.69) is 15.5 Å². The van der Waals surface area contributed by atoms with E-state index in [9.17, 15) is 4.79 Å². The molecular formula is C10H18N4O2. The maximum Gasteiger partial charge on any atom is 0.256 e. The van der Waals surface area contributed by atoms with Crippen LogP contribution in [0.3, 0.4) is 0 Å². The van der Waals surface area contributed by atoms with E-state index in [-0.39, 0.29) is 17.3 Å². The van der Waals surface area contributed by atoms with Crippen LogP contribution in [0, 0.1) is 0 Å². The Kier molecular flexibility index (Phi) is 3.89. The molecule has 0 aromatic carbocycles. The van der Waals surface area contributed by atoms with E-state index in [0.29, 0.717) is 18.7 Å². The smallest absolute Gasteiger partial charge is 0.256 e. The maximum absolute atomic E-state index is 11.7. The predicted molar refractivity (Wildman–Crippen MR) is 61.0 cm³/mol. The van der Waals surface area contributed by atoms with Crippen molar-refractivity contribution in [3.63, 3.8) is 0 Å². The summed E-state index contributed by atoms with van der Waals surface area (Å²) >= 11 is 0. The highest BCUT2D eigenvalue weighted by atomic mass is 16.5. The van der Waals surface area contributed by atoms with Gasteiger partial charge in [0.25, 0.3) is 5.91 Å². The van der Waals surface area contributed by atoms with Gasteiger partial charge >= 0.3 is 0 Å². The maximum atomic E-state index is 11.7. The number of carbonyl (C=O) groups is 1. The molecule has 90 valence electrons. The van der Waals surface area contributed by atoms with Crippen molar-refractivity contribution in [2.45, 2.75) is 26.4 Å². The van der Waals surface area contributed by atoms with Crippen molar-refractivity contribution in [1.82, 2.24) is 15.5 Å². The molecule has 1 aromatic heterocycles. The number of carbonyl (C=O) groups excluding carboxylic acids is 1. The highest BCUT2D eigenvalue weighted by molar-refractivity contribution is 5.98. The Morgan fingerprint density at radius 3 is 2.88 bits per heavy atom. The molecule has 4 N–H and O–H groups in total. The number of nitrogens with two attached hydrogens (primary N) is 1. The van der Waals surface area contributed by atoms with Gasteiger partial charge in [0, 0.05) is 13.2 Å². The lowest BCUT2D eigenvalue weighted by molar-refractivity contribution is -0.00815. The summed E-state index contributed by atoms with van der Waals surface area (Å²) in [4.78, 5) is 11.7. The van der Waals surface area contributed by atoms with Gasteiger partial charge in [-0.05, 0) is 20.8 Å². The summed E-state index contributed by atoms with van der Waals surface area (Å²) in [5.74, 6) is 0.0192. The predicted octanol–water partition coefficient (Wildman–Crippen LogP) is 0.537. The third-order valence-corrected chi connectivity index (χ3v) is 2.12. The van der Waals surface area contributed by atoms with Gasteiger partial charge in [0.15, 0.2) is 0 Å². The molecular weight excluding hydrogens is 208 g/mol. The number of hydrogen-bond acceptors (Lipinski definition) is 4. The molecule has 1 aromatic rings. The molecule has 1 heterocycles. The number of hydrogen-bond donors (Lipinski definition) is 3. The Morgan fingerprint density at radius 2 is 2.38 bits per heavy atom. The molecule has 0 fully saturated rings. The van der Waals surface area contributed by atoms with Gasteiger partial charge in [0.05, 0.1) is 11.8 Å². The molecule has 1 rings (SSSR count). The third kappa shape index (κ3) is 3.23. The van der Waals surface area contributed by atoms with Gasteiger partial charge in [-0.3, -0.25) is 9.89 Å². The summed E-state index contributed by atoms with van der Waals surface area (Å²) in [5.41, 5.74) is 5.50. The van der Waals surface area contributed by atoms with Gasteiger partial charge in [0.1, 0.15) is 11.4 Å². The van der Waals surface area contributed by atoms with Gasteiger partial charge in [-0.15, -0.1) is 0 Å². The lowest BCUT2D eigenvalue weighted by atomic mass is 10.1.